The van der Waals surface area contributed by atoms with Crippen molar-refractivity contribution in [1.29, 1.82) is 0 Å². The van der Waals surface area contributed by atoms with Crippen molar-refractivity contribution in [3.63, 3.8) is 0 Å². The Kier molecular flexibility index (Phi) is 8.49. The molecule has 0 spiro atoms. The lowest BCUT2D eigenvalue weighted by molar-refractivity contribution is -0.140. The Morgan fingerprint density at radius 1 is 0.970 bits per heavy atom. The van der Waals surface area contributed by atoms with Crippen LogP contribution < -0.4 is 9.47 Å². The molecule has 0 saturated heterocycles. The van der Waals surface area contributed by atoms with Crippen LogP contribution in [0.15, 0.2) is 30.4 Å². The van der Waals surface area contributed by atoms with Gasteiger partial charge in [0, 0.05) is 6.07 Å². The highest BCUT2D eigenvalue weighted by atomic mass is 19.1. The first-order valence-corrected chi connectivity index (χ1v) is 13.2. The van der Waals surface area contributed by atoms with Crippen molar-refractivity contribution >= 4 is 5.97 Å². The van der Waals surface area contributed by atoms with E-state index < -0.39 is 5.82 Å². The molecule has 3 nitrogen and oxygen atoms in total. The Morgan fingerprint density at radius 3 is 2.33 bits per heavy atom. The molecule has 4 unspecified atom stereocenters. The lowest BCUT2D eigenvalue weighted by Gasteiger charge is -2.45. The van der Waals surface area contributed by atoms with Crippen LogP contribution >= 0.6 is 0 Å². The number of ether oxygens (including phenoxy) is 2. The summed E-state index contributed by atoms with van der Waals surface area (Å²) in [5, 5.41) is 0. The third-order valence-electron chi connectivity index (χ3n) is 8.85. The number of rotatable bonds is 7. The van der Waals surface area contributed by atoms with Crippen LogP contribution in [-0.4, -0.2) is 13.1 Å². The zero-order valence-corrected chi connectivity index (χ0v) is 20.4. The Balaban J connectivity index is 1.21. The van der Waals surface area contributed by atoms with Crippen molar-refractivity contribution in [2.45, 2.75) is 84.0 Å². The Labute approximate surface area is 199 Å². The average molecular weight is 457 g/mol. The standard InChI is InChI=1S/C29H41FO3/c1-3-4-5-6-20-7-8-25-18-24(14-13-23(25)17-20)21-9-11-22(12-10-21)29(31)33-26-15-16-28(32-2)27(30)19-26/h3-4,15-16,19-25H,5-14,17-18H2,1-2H3/b4-3+. The van der Waals surface area contributed by atoms with Gasteiger partial charge in [-0.1, -0.05) is 18.6 Å². The largest absolute Gasteiger partial charge is 0.494 e. The quantitative estimate of drug-likeness (QED) is 0.239. The van der Waals surface area contributed by atoms with E-state index in [2.05, 4.69) is 19.1 Å². The number of carbonyl (C=O) groups excluding carboxylic acids is 1. The SMILES string of the molecule is C/C=C/CCC1CCC2CC(C3CCC(C(=O)Oc4ccc(OC)c(F)c4)CC3)CCC2C1. The summed E-state index contributed by atoms with van der Waals surface area (Å²) in [6.07, 6.45) is 19.7. The molecule has 0 radical (unpaired) electrons. The smallest absolute Gasteiger partial charge is 0.314 e. The second-order valence-electron chi connectivity index (χ2n) is 10.7. The van der Waals surface area contributed by atoms with Gasteiger partial charge in [0.2, 0.25) is 0 Å². The summed E-state index contributed by atoms with van der Waals surface area (Å²) >= 11 is 0. The maximum absolute atomic E-state index is 13.9. The van der Waals surface area contributed by atoms with E-state index in [4.69, 9.17) is 9.47 Å². The van der Waals surface area contributed by atoms with Crippen molar-refractivity contribution < 1.29 is 18.7 Å². The monoisotopic (exact) mass is 456 g/mol. The Morgan fingerprint density at radius 2 is 1.64 bits per heavy atom. The van der Waals surface area contributed by atoms with Crippen LogP contribution in [0.3, 0.4) is 0 Å². The molecule has 1 aromatic carbocycles. The van der Waals surface area contributed by atoms with E-state index in [1.807, 2.05) is 0 Å². The first kappa shape index (κ1) is 24.3. The highest BCUT2D eigenvalue weighted by Crippen LogP contribution is 2.49. The van der Waals surface area contributed by atoms with E-state index in [9.17, 15) is 9.18 Å². The Hall–Kier alpha value is -1.84. The number of halogens is 1. The first-order chi connectivity index (χ1) is 16.1. The van der Waals surface area contributed by atoms with Crippen LogP contribution in [0.2, 0.25) is 0 Å². The van der Waals surface area contributed by atoms with Gasteiger partial charge in [-0.25, -0.2) is 4.39 Å². The third kappa shape index (κ3) is 6.19. The second kappa shape index (κ2) is 11.5. The molecule has 0 bridgehead atoms. The van der Waals surface area contributed by atoms with Crippen LogP contribution in [0.25, 0.3) is 0 Å². The van der Waals surface area contributed by atoms with E-state index in [0.29, 0.717) is 0 Å². The van der Waals surface area contributed by atoms with Gasteiger partial charge in [0.15, 0.2) is 11.6 Å². The molecular weight excluding hydrogens is 415 g/mol. The third-order valence-corrected chi connectivity index (χ3v) is 8.85. The highest BCUT2D eigenvalue weighted by molar-refractivity contribution is 5.75. The van der Waals surface area contributed by atoms with E-state index in [1.54, 1.807) is 6.07 Å². The molecule has 4 rings (SSSR count). The van der Waals surface area contributed by atoms with Gasteiger partial charge >= 0.3 is 5.97 Å². The summed E-state index contributed by atoms with van der Waals surface area (Å²) in [5.74, 6) is 4.10. The summed E-state index contributed by atoms with van der Waals surface area (Å²) in [4.78, 5) is 12.6. The van der Waals surface area contributed by atoms with Gasteiger partial charge in [-0.15, -0.1) is 0 Å². The molecular formula is C29H41FO3. The summed E-state index contributed by atoms with van der Waals surface area (Å²) in [6.45, 7) is 2.12. The summed E-state index contributed by atoms with van der Waals surface area (Å²) < 4.78 is 24.3. The van der Waals surface area contributed by atoms with E-state index in [-0.39, 0.29) is 23.4 Å². The molecule has 0 amide bonds. The molecule has 3 saturated carbocycles. The molecule has 3 aliphatic rings. The zero-order chi connectivity index (χ0) is 23.2. The van der Waals surface area contributed by atoms with Gasteiger partial charge in [0.1, 0.15) is 5.75 Å². The molecule has 3 aliphatic carbocycles. The minimum atomic E-state index is -0.506. The van der Waals surface area contributed by atoms with Gasteiger partial charge < -0.3 is 9.47 Å². The van der Waals surface area contributed by atoms with Crippen molar-refractivity contribution in [1.82, 2.24) is 0 Å². The van der Waals surface area contributed by atoms with E-state index >= 15 is 0 Å². The summed E-state index contributed by atoms with van der Waals surface area (Å²) in [5.41, 5.74) is 0. The summed E-state index contributed by atoms with van der Waals surface area (Å²) in [6, 6.07) is 4.33. The van der Waals surface area contributed by atoms with Crippen molar-refractivity contribution in [2.24, 2.45) is 35.5 Å². The van der Waals surface area contributed by atoms with Crippen molar-refractivity contribution in [3.8, 4) is 11.5 Å². The number of allylic oxidation sites excluding steroid dienone is 2. The number of carbonyl (C=O) groups is 1. The van der Waals surface area contributed by atoms with Crippen LogP contribution in [-0.2, 0) is 4.79 Å². The van der Waals surface area contributed by atoms with Gasteiger partial charge in [0.05, 0.1) is 13.0 Å². The number of hydrogen-bond acceptors (Lipinski definition) is 3. The van der Waals surface area contributed by atoms with Crippen LogP contribution in [0.5, 0.6) is 11.5 Å². The van der Waals surface area contributed by atoms with E-state index in [0.717, 1.165) is 55.3 Å². The molecule has 0 N–H and O–H groups in total. The zero-order valence-electron chi connectivity index (χ0n) is 20.4. The molecule has 4 heteroatoms. The Bertz CT molecular complexity index is 811. The predicted octanol–water partition coefficient (Wildman–Crippen LogP) is 7.74. The average Bonchev–Trinajstić information content (AvgIpc) is 2.84. The molecule has 1 aromatic rings. The fraction of sp³-hybridized carbons (Fsp3) is 0.690. The number of fused-ring (bicyclic) bond motifs is 1. The van der Waals surface area contributed by atoms with Gasteiger partial charge in [0.25, 0.3) is 0 Å². The minimum absolute atomic E-state index is 0.0599. The van der Waals surface area contributed by atoms with Crippen LogP contribution in [0.4, 0.5) is 4.39 Å². The van der Waals surface area contributed by atoms with Gasteiger partial charge in [-0.05, 0) is 119 Å². The molecule has 0 aliphatic heterocycles. The number of benzene rings is 1. The van der Waals surface area contributed by atoms with Crippen molar-refractivity contribution in [2.75, 3.05) is 7.11 Å². The van der Waals surface area contributed by atoms with Gasteiger partial charge in [-0.2, -0.15) is 0 Å². The molecule has 0 heterocycles. The fourth-order valence-electron chi connectivity index (χ4n) is 6.95. The molecule has 3 fully saturated rings. The number of methoxy groups -OCH3 is 1. The predicted molar refractivity (Wildman–Crippen MR) is 130 cm³/mol. The maximum Gasteiger partial charge on any atom is 0.314 e. The van der Waals surface area contributed by atoms with Crippen molar-refractivity contribution in [3.05, 3.63) is 36.2 Å². The minimum Gasteiger partial charge on any atom is -0.494 e. The van der Waals surface area contributed by atoms with E-state index in [1.165, 1.54) is 70.6 Å². The first-order valence-electron chi connectivity index (χ1n) is 13.2. The fourth-order valence-corrected chi connectivity index (χ4v) is 6.95. The summed E-state index contributed by atoms with van der Waals surface area (Å²) in [7, 11) is 1.42. The highest BCUT2D eigenvalue weighted by Gasteiger charge is 2.39. The van der Waals surface area contributed by atoms with Gasteiger partial charge in [-0.3, -0.25) is 4.79 Å². The lowest BCUT2D eigenvalue weighted by atomic mass is 9.60. The maximum atomic E-state index is 13.9. The normalized spacial score (nSPS) is 32.3. The van der Waals surface area contributed by atoms with Crippen LogP contribution in [0, 0.1) is 41.3 Å². The molecule has 0 aromatic heterocycles. The lowest BCUT2D eigenvalue weighted by Crippen LogP contribution is -2.35. The topological polar surface area (TPSA) is 35.5 Å². The second-order valence-corrected chi connectivity index (χ2v) is 10.7. The number of hydrogen-bond donors (Lipinski definition) is 0. The molecule has 4 atom stereocenters. The molecule has 33 heavy (non-hydrogen) atoms. The number of esters is 1. The van der Waals surface area contributed by atoms with Crippen LogP contribution in [0.1, 0.15) is 84.0 Å². The molecule has 182 valence electrons.